The minimum atomic E-state index is -4.31. The molecule has 182 valence electrons. The van der Waals surface area contributed by atoms with Crippen LogP contribution < -0.4 is 0 Å². The van der Waals surface area contributed by atoms with Gasteiger partial charge in [0.1, 0.15) is 11.5 Å². The van der Waals surface area contributed by atoms with Crippen LogP contribution in [0.3, 0.4) is 0 Å². The maximum atomic E-state index is 16.0. The van der Waals surface area contributed by atoms with Crippen molar-refractivity contribution in [2.45, 2.75) is 32.3 Å². The largest absolute Gasteiger partial charge is 0.481 e. The molecule has 0 saturated heterocycles. The summed E-state index contributed by atoms with van der Waals surface area (Å²) in [4.78, 5) is 25.5. The summed E-state index contributed by atoms with van der Waals surface area (Å²) in [7, 11) is -4.31. The Hall–Kier alpha value is -3.37. The number of hydrogen-bond donors (Lipinski definition) is 3. The molecular formula is C26H24F2NO5P. The second kappa shape index (κ2) is 10.9. The fraction of sp³-hybridized carbons (Fsp3) is 0.231. The highest BCUT2D eigenvalue weighted by Crippen LogP contribution is 2.41. The van der Waals surface area contributed by atoms with Crippen LogP contribution in [0.25, 0.3) is 22.4 Å². The molecule has 0 amide bonds. The number of aliphatic hydroxyl groups is 1. The highest BCUT2D eigenvalue weighted by Gasteiger charge is 2.25. The molecule has 9 heteroatoms. The van der Waals surface area contributed by atoms with Crippen molar-refractivity contribution in [1.29, 1.82) is 0 Å². The van der Waals surface area contributed by atoms with Crippen molar-refractivity contribution >= 4 is 13.3 Å². The first-order valence-corrected chi connectivity index (χ1v) is 12.6. The Balaban J connectivity index is 2.25. The van der Waals surface area contributed by atoms with Gasteiger partial charge in [0.2, 0.25) is 0 Å². The molecule has 2 aromatic carbocycles. The summed E-state index contributed by atoms with van der Waals surface area (Å²) < 4.78 is 42.2. The number of aliphatic carboxylic acids is 1. The number of hydrogen-bond acceptors (Lipinski definition) is 4. The lowest BCUT2D eigenvalue weighted by atomic mass is 9.92. The summed E-state index contributed by atoms with van der Waals surface area (Å²) in [6.45, 7) is 3.62. The molecule has 35 heavy (non-hydrogen) atoms. The van der Waals surface area contributed by atoms with Crippen molar-refractivity contribution in [1.82, 2.24) is 4.98 Å². The van der Waals surface area contributed by atoms with Gasteiger partial charge >= 0.3 is 5.97 Å². The number of nitrogens with zero attached hydrogens (tertiary/aromatic N) is 1. The Labute approximate surface area is 201 Å². The summed E-state index contributed by atoms with van der Waals surface area (Å²) in [5.74, 6) is -0.259. The highest BCUT2D eigenvalue weighted by atomic mass is 31.2. The maximum Gasteiger partial charge on any atom is 0.305 e. The lowest BCUT2D eigenvalue weighted by Crippen LogP contribution is -2.17. The lowest BCUT2D eigenvalue weighted by Gasteiger charge is -2.17. The molecule has 3 N–H and O–H groups in total. The molecule has 3 rings (SSSR count). The fourth-order valence-corrected chi connectivity index (χ4v) is 4.62. The van der Waals surface area contributed by atoms with E-state index in [0.717, 1.165) is 0 Å². The highest BCUT2D eigenvalue weighted by molar-refractivity contribution is 7.63. The lowest BCUT2D eigenvalue weighted by molar-refractivity contribution is -0.138. The number of aliphatic hydroxyl groups excluding tert-OH is 1. The van der Waals surface area contributed by atoms with Gasteiger partial charge in [0.15, 0.2) is 5.82 Å². The molecule has 0 radical (unpaired) electrons. The number of halogens is 2. The van der Waals surface area contributed by atoms with E-state index in [4.69, 9.17) is 5.11 Å². The van der Waals surface area contributed by atoms with Gasteiger partial charge in [-0.25, -0.2) is 13.8 Å². The molecule has 0 fully saturated rings. The normalized spacial score (nSPS) is 13.6. The molecule has 6 nitrogen and oxygen atoms in total. The summed E-state index contributed by atoms with van der Waals surface area (Å²) >= 11 is 0. The van der Waals surface area contributed by atoms with Gasteiger partial charge in [-0.1, -0.05) is 62.2 Å². The number of benzene rings is 2. The number of carboxylic acid groups (broad SMARTS) is 1. The molecule has 3 aromatic rings. The predicted octanol–water partition coefficient (Wildman–Crippen LogP) is 5.23. The zero-order valence-electron chi connectivity index (χ0n) is 19.1. The first-order chi connectivity index (χ1) is 16.5. The van der Waals surface area contributed by atoms with Gasteiger partial charge in [0.25, 0.3) is 7.37 Å². The number of pyridine rings is 1. The molecular weight excluding hydrogens is 475 g/mol. The summed E-state index contributed by atoms with van der Waals surface area (Å²) in [6, 6.07) is 13.7. The van der Waals surface area contributed by atoms with Gasteiger partial charge in [-0.15, -0.1) is 0 Å². The van der Waals surface area contributed by atoms with Crippen molar-refractivity contribution < 1.29 is 33.2 Å². The Morgan fingerprint density at radius 2 is 1.69 bits per heavy atom. The first kappa shape index (κ1) is 26.2. The van der Waals surface area contributed by atoms with E-state index in [0.29, 0.717) is 16.8 Å². The topological polar surface area (TPSA) is 108 Å². The molecule has 0 saturated carbocycles. The minimum Gasteiger partial charge on any atom is -0.481 e. The van der Waals surface area contributed by atoms with Crippen LogP contribution in [0.2, 0.25) is 0 Å². The van der Waals surface area contributed by atoms with E-state index in [9.17, 15) is 23.7 Å². The Morgan fingerprint density at radius 3 is 2.26 bits per heavy atom. The van der Waals surface area contributed by atoms with E-state index in [1.807, 2.05) is 13.8 Å². The van der Waals surface area contributed by atoms with Crippen molar-refractivity contribution in [3.05, 3.63) is 77.5 Å². The zero-order valence-corrected chi connectivity index (χ0v) is 20.0. The van der Waals surface area contributed by atoms with Crippen LogP contribution in [0, 0.1) is 23.2 Å². The van der Waals surface area contributed by atoms with Crippen molar-refractivity contribution in [3.63, 3.8) is 0 Å². The molecule has 1 unspecified atom stereocenters. The molecule has 1 aromatic heterocycles. The zero-order chi connectivity index (χ0) is 25.8. The second-order valence-electron chi connectivity index (χ2n) is 8.31. The van der Waals surface area contributed by atoms with Crippen LogP contribution in [0.4, 0.5) is 8.78 Å². The third kappa shape index (κ3) is 6.61. The van der Waals surface area contributed by atoms with Crippen LogP contribution in [0.1, 0.15) is 37.4 Å². The number of rotatable bonds is 7. The maximum absolute atomic E-state index is 16.0. The molecule has 0 spiro atoms. The van der Waals surface area contributed by atoms with Gasteiger partial charge in [-0.05, 0) is 29.3 Å². The third-order valence-corrected chi connectivity index (χ3v) is 6.49. The summed E-state index contributed by atoms with van der Waals surface area (Å²) in [6.07, 6.45) is -3.05. The number of aromatic nitrogens is 1. The van der Waals surface area contributed by atoms with Crippen molar-refractivity contribution in [3.8, 4) is 34.0 Å². The second-order valence-corrected chi connectivity index (χ2v) is 10.3. The summed E-state index contributed by atoms with van der Waals surface area (Å²) in [5.41, 5.74) is 3.51. The number of carbonyl (C=O) groups is 1. The van der Waals surface area contributed by atoms with Gasteiger partial charge in [0.05, 0.1) is 29.9 Å². The molecule has 1 heterocycles. The summed E-state index contributed by atoms with van der Waals surface area (Å²) in [5, 5.41) is 18.5. The van der Waals surface area contributed by atoms with Gasteiger partial charge < -0.3 is 15.1 Å². The molecule has 2 atom stereocenters. The van der Waals surface area contributed by atoms with Crippen LogP contribution in [-0.2, 0) is 9.36 Å². The fourth-order valence-electron chi connectivity index (χ4n) is 3.54. The minimum absolute atomic E-state index is 0.00105. The van der Waals surface area contributed by atoms with Gasteiger partial charge in [0, 0.05) is 11.1 Å². The van der Waals surface area contributed by atoms with Crippen molar-refractivity contribution in [2.75, 3.05) is 6.16 Å². The standard InChI is InChI=1S/C26H24F2NO5P/c1-16(2)25-21(12-13-35(33,34)15-20(30)14-22(31)32)23(17-8-10-19(27)11-9-17)24(28)26(29-25)18-6-4-3-5-7-18/h3-11,16,20,30H,14-15H2,1-2H3,(H,31,32)(H,33,34)/t20-/m0/s1. The average Bonchev–Trinajstić information content (AvgIpc) is 2.78. The Morgan fingerprint density at radius 1 is 1.06 bits per heavy atom. The number of carboxylic acids is 1. The first-order valence-electron chi connectivity index (χ1n) is 10.8. The Kier molecular flexibility index (Phi) is 8.18. The van der Waals surface area contributed by atoms with E-state index in [1.54, 1.807) is 30.3 Å². The quantitative estimate of drug-likeness (QED) is 0.304. The molecule has 0 aliphatic heterocycles. The molecule has 0 aliphatic carbocycles. The Bertz CT molecular complexity index is 1330. The van der Waals surface area contributed by atoms with Gasteiger partial charge in [-0.3, -0.25) is 9.36 Å². The smallest absolute Gasteiger partial charge is 0.305 e. The van der Waals surface area contributed by atoms with Crippen LogP contribution in [0.15, 0.2) is 54.6 Å². The van der Waals surface area contributed by atoms with Gasteiger partial charge in [-0.2, -0.15) is 0 Å². The van der Waals surface area contributed by atoms with E-state index >= 15 is 4.39 Å². The van der Waals surface area contributed by atoms with E-state index < -0.39 is 43.7 Å². The van der Waals surface area contributed by atoms with Crippen LogP contribution in [0.5, 0.6) is 0 Å². The third-order valence-electron chi connectivity index (χ3n) is 5.12. The molecule has 0 aliphatic rings. The monoisotopic (exact) mass is 499 g/mol. The van der Waals surface area contributed by atoms with E-state index in [-0.39, 0.29) is 22.7 Å². The molecule has 0 bridgehead atoms. The van der Waals surface area contributed by atoms with E-state index in [1.165, 1.54) is 24.3 Å². The van der Waals surface area contributed by atoms with Crippen molar-refractivity contribution in [2.24, 2.45) is 0 Å². The van der Waals surface area contributed by atoms with Crippen LogP contribution in [-0.4, -0.2) is 38.3 Å². The van der Waals surface area contributed by atoms with E-state index in [2.05, 4.69) is 16.6 Å². The average molecular weight is 499 g/mol. The predicted molar refractivity (Wildman–Crippen MR) is 129 cm³/mol. The van der Waals surface area contributed by atoms with Crippen LogP contribution >= 0.6 is 7.37 Å². The SMILES string of the molecule is CC(C)c1nc(-c2ccccc2)c(F)c(-c2ccc(F)cc2)c1C#CP(=O)(O)C[C@@H](O)CC(=O)O.